The highest BCUT2D eigenvalue weighted by Gasteiger charge is 2.06. The standard InChI is InChI=1S/C12H11FN2/c1-8-7-9(13)4-5-10(8)12-11(14)3-2-6-15-12/h2-7H,14H2,1H3. The highest BCUT2D eigenvalue weighted by molar-refractivity contribution is 5.74. The van der Waals surface area contributed by atoms with Gasteiger partial charge < -0.3 is 5.73 Å². The SMILES string of the molecule is Cc1cc(F)ccc1-c1ncccc1N. The van der Waals surface area contributed by atoms with Gasteiger partial charge in [0.25, 0.3) is 0 Å². The van der Waals surface area contributed by atoms with Gasteiger partial charge in [-0.15, -0.1) is 0 Å². The number of benzene rings is 1. The van der Waals surface area contributed by atoms with Gasteiger partial charge >= 0.3 is 0 Å². The lowest BCUT2D eigenvalue weighted by atomic mass is 10.0. The van der Waals surface area contributed by atoms with Crippen LogP contribution in [0.2, 0.25) is 0 Å². The summed E-state index contributed by atoms with van der Waals surface area (Å²) in [4.78, 5) is 4.19. The van der Waals surface area contributed by atoms with Crippen LogP contribution in [-0.2, 0) is 0 Å². The topological polar surface area (TPSA) is 38.9 Å². The van der Waals surface area contributed by atoms with Crippen LogP contribution in [-0.4, -0.2) is 4.98 Å². The normalized spacial score (nSPS) is 10.3. The molecular formula is C12H11FN2. The monoisotopic (exact) mass is 202 g/mol. The second kappa shape index (κ2) is 3.69. The highest BCUT2D eigenvalue weighted by atomic mass is 19.1. The van der Waals surface area contributed by atoms with E-state index in [-0.39, 0.29) is 5.82 Å². The molecule has 2 N–H and O–H groups in total. The van der Waals surface area contributed by atoms with Crippen molar-refractivity contribution in [1.29, 1.82) is 0 Å². The Morgan fingerprint density at radius 3 is 2.73 bits per heavy atom. The maximum atomic E-state index is 12.9. The van der Waals surface area contributed by atoms with Crippen LogP contribution in [0.5, 0.6) is 0 Å². The minimum atomic E-state index is -0.245. The summed E-state index contributed by atoms with van der Waals surface area (Å²) in [5.41, 5.74) is 8.81. The number of pyridine rings is 1. The second-order valence-corrected chi connectivity index (χ2v) is 3.40. The molecule has 0 atom stereocenters. The highest BCUT2D eigenvalue weighted by Crippen LogP contribution is 2.26. The van der Waals surface area contributed by atoms with Gasteiger partial charge in [-0.2, -0.15) is 0 Å². The maximum absolute atomic E-state index is 12.9. The van der Waals surface area contributed by atoms with Crippen molar-refractivity contribution in [2.24, 2.45) is 0 Å². The van der Waals surface area contributed by atoms with E-state index in [9.17, 15) is 4.39 Å². The number of aromatic nitrogens is 1. The Morgan fingerprint density at radius 2 is 2.07 bits per heavy atom. The second-order valence-electron chi connectivity index (χ2n) is 3.40. The number of rotatable bonds is 1. The number of halogens is 1. The predicted octanol–water partition coefficient (Wildman–Crippen LogP) is 2.78. The Labute approximate surface area is 87.6 Å². The number of hydrogen-bond acceptors (Lipinski definition) is 2. The van der Waals surface area contributed by atoms with Crippen molar-refractivity contribution in [3.63, 3.8) is 0 Å². The van der Waals surface area contributed by atoms with Crippen LogP contribution in [0.4, 0.5) is 10.1 Å². The van der Waals surface area contributed by atoms with Gasteiger partial charge in [-0.25, -0.2) is 4.39 Å². The quantitative estimate of drug-likeness (QED) is 0.772. The molecule has 0 aliphatic carbocycles. The van der Waals surface area contributed by atoms with Gasteiger partial charge in [0.05, 0.1) is 11.4 Å². The average molecular weight is 202 g/mol. The largest absolute Gasteiger partial charge is 0.397 e. The fourth-order valence-electron chi connectivity index (χ4n) is 1.54. The number of anilines is 1. The lowest BCUT2D eigenvalue weighted by Gasteiger charge is -2.07. The number of hydrogen-bond donors (Lipinski definition) is 1. The molecule has 0 saturated heterocycles. The molecule has 1 aromatic heterocycles. The number of nitrogen functional groups attached to an aromatic ring is 1. The van der Waals surface area contributed by atoms with Gasteiger partial charge in [0.2, 0.25) is 0 Å². The van der Waals surface area contributed by atoms with Crippen LogP contribution in [0.1, 0.15) is 5.56 Å². The summed E-state index contributed by atoms with van der Waals surface area (Å²) < 4.78 is 12.9. The third-order valence-corrected chi connectivity index (χ3v) is 2.28. The van der Waals surface area contributed by atoms with E-state index in [1.54, 1.807) is 24.4 Å². The summed E-state index contributed by atoms with van der Waals surface area (Å²) in [7, 11) is 0. The molecule has 2 nitrogen and oxygen atoms in total. The van der Waals surface area contributed by atoms with E-state index in [4.69, 9.17) is 5.73 Å². The summed E-state index contributed by atoms with van der Waals surface area (Å²) in [5, 5.41) is 0. The Morgan fingerprint density at radius 1 is 1.27 bits per heavy atom. The molecule has 1 heterocycles. The number of nitrogens with zero attached hydrogens (tertiary/aromatic N) is 1. The number of aryl methyl sites for hydroxylation is 1. The molecular weight excluding hydrogens is 191 g/mol. The molecule has 1 aromatic carbocycles. The summed E-state index contributed by atoms with van der Waals surface area (Å²) >= 11 is 0. The number of nitrogens with two attached hydrogens (primary N) is 1. The summed E-state index contributed by atoms with van der Waals surface area (Å²) in [6.45, 7) is 1.84. The smallest absolute Gasteiger partial charge is 0.123 e. The molecule has 76 valence electrons. The van der Waals surface area contributed by atoms with Crippen molar-refractivity contribution in [3.8, 4) is 11.3 Å². The van der Waals surface area contributed by atoms with Crippen LogP contribution in [0.3, 0.4) is 0 Å². The van der Waals surface area contributed by atoms with Gasteiger partial charge in [0.1, 0.15) is 5.82 Å². The van der Waals surface area contributed by atoms with Crippen LogP contribution < -0.4 is 5.73 Å². The molecule has 3 heteroatoms. The predicted molar refractivity (Wildman–Crippen MR) is 58.8 cm³/mol. The molecule has 0 aliphatic rings. The molecule has 0 saturated carbocycles. The van der Waals surface area contributed by atoms with Crippen LogP contribution in [0, 0.1) is 12.7 Å². The molecule has 0 bridgehead atoms. The zero-order valence-corrected chi connectivity index (χ0v) is 8.37. The zero-order valence-electron chi connectivity index (χ0n) is 8.37. The van der Waals surface area contributed by atoms with Crippen molar-refractivity contribution in [3.05, 3.63) is 47.9 Å². The van der Waals surface area contributed by atoms with Crippen LogP contribution >= 0.6 is 0 Å². The van der Waals surface area contributed by atoms with E-state index >= 15 is 0 Å². The molecule has 2 aromatic rings. The minimum Gasteiger partial charge on any atom is -0.397 e. The Balaban J connectivity index is 2.60. The fraction of sp³-hybridized carbons (Fsp3) is 0.0833. The van der Waals surface area contributed by atoms with Gasteiger partial charge in [0, 0.05) is 11.8 Å². The molecule has 0 fully saturated rings. The lowest BCUT2D eigenvalue weighted by molar-refractivity contribution is 0.627. The molecule has 0 radical (unpaired) electrons. The summed E-state index contributed by atoms with van der Waals surface area (Å²) in [5.74, 6) is -0.245. The Kier molecular flexibility index (Phi) is 2.37. The van der Waals surface area contributed by atoms with Crippen molar-refractivity contribution < 1.29 is 4.39 Å². The van der Waals surface area contributed by atoms with E-state index in [0.717, 1.165) is 11.1 Å². The summed E-state index contributed by atoms with van der Waals surface area (Å²) in [6.07, 6.45) is 1.68. The van der Waals surface area contributed by atoms with E-state index < -0.39 is 0 Å². The maximum Gasteiger partial charge on any atom is 0.123 e. The van der Waals surface area contributed by atoms with Gasteiger partial charge in [-0.1, -0.05) is 0 Å². The fourth-order valence-corrected chi connectivity index (χ4v) is 1.54. The Hall–Kier alpha value is -1.90. The zero-order chi connectivity index (χ0) is 10.8. The van der Waals surface area contributed by atoms with E-state index in [2.05, 4.69) is 4.98 Å². The molecule has 15 heavy (non-hydrogen) atoms. The molecule has 0 amide bonds. The minimum absolute atomic E-state index is 0.245. The first-order valence-electron chi connectivity index (χ1n) is 4.65. The van der Waals surface area contributed by atoms with Gasteiger partial charge in [-0.3, -0.25) is 4.98 Å². The van der Waals surface area contributed by atoms with E-state index in [1.165, 1.54) is 12.1 Å². The van der Waals surface area contributed by atoms with Crippen LogP contribution in [0.15, 0.2) is 36.5 Å². The van der Waals surface area contributed by atoms with E-state index in [0.29, 0.717) is 11.4 Å². The third kappa shape index (κ3) is 1.81. The molecule has 2 rings (SSSR count). The first-order valence-corrected chi connectivity index (χ1v) is 4.65. The molecule has 0 spiro atoms. The molecule has 0 unspecified atom stereocenters. The first-order chi connectivity index (χ1) is 7.18. The summed E-state index contributed by atoms with van der Waals surface area (Å²) in [6, 6.07) is 8.14. The van der Waals surface area contributed by atoms with Crippen molar-refractivity contribution in [2.45, 2.75) is 6.92 Å². The Bertz CT molecular complexity index is 495. The van der Waals surface area contributed by atoms with Crippen molar-refractivity contribution in [1.82, 2.24) is 4.98 Å². The molecule has 0 aliphatic heterocycles. The van der Waals surface area contributed by atoms with Gasteiger partial charge in [-0.05, 0) is 42.8 Å². The third-order valence-electron chi connectivity index (χ3n) is 2.28. The van der Waals surface area contributed by atoms with Crippen LogP contribution in [0.25, 0.3) is 11.3 Å². The lowest BCUT2D eigenvalue weighted by Crippen LogP contribution is -1.94. The average Bonchev–Trinajstić information content (AvgIpc) is 2.20. The van der Waals surface area contributed by atoms with Crippen molar-refractivity contribution >= 4 is 5.69 Å². The van der Waals surface area contributed by atoms with Crippen molar-refractivity contribution in [2.75, 3.05) is 5.73 Å². The van der Waals surface area contributed by atoms with E-state index in [1.807, 2.05) is 6.92 Å². The first kappa shape index (κ1) is 9.65. The van der Waals surface area contributed by atoms with Gasteiger partial charge in [0.15, 0.2) is 0 Å².